The van der Waals surface area contributed by atoms with Crippen LogP contribution >= 0.6 is 22.7 Å². The van der Waals surface area contributed by atoms with Gasteiger partial charge in [-0.25, -0.2) is 4.98 Å². The lowest BCUT2D eigenvalue weighted by atomic mass is 10.2. The largest absolute Gasteiger partial charge is 0.351 e. The Hall–Kier alpha value is -2.77. The molecule has 2 aromatic heterocycles. The summed E-state index contributed by atoms with van der Waals surface area (Å²) in [5.74, 6) is -0.260. The van der Waals surface area contributed by atoms with Crippen LogP contribution < -0.4 is 10.2 Å². The highest BCUT2D eigenvalue weighted by Crippen LogP contribution is 2.27. The molecule has 0 atom stereocenters. The first kappa shape index (κ1) is 19.0. The van der Waals surface area contributed by atoms with E-state index in [0.29, 0.717) is 16.6 Å². The van der Waals surface area contributed by atoms with Crippen LogP contribution in [0.2, 0.25) is 0 Å². The fraction of sp³-hybridized carbons (Fsp3) is 0.150. The number of carbonyl (C=O) groups excluding carboxylic acids is 2. The minimum atomic E-state index is -0.159. The van der Waals surface area contributed by atoms with Crippen LogP contribution in [-0.4, -0.2) is 29.9 Å². The number of hydrogen-bond acceptors (Lipinski definition) is 5. The number of nitrogens with zero attached hydrogens (tertiary/aromatic N) is 2. The topological polar surface area (TPSA) is 62.3 Å². The number of anilines is 1. The first-order chi connectivity index (χ1) is 13.2. The summed E-state index contributed by atoms with van der Waals surface area (Å²) in [6.07, 6.45) is 1.87. The molecule has 0 fully saturated rings. The Morgan fingerprint density at radius 2 is 1.96 bits per heavy atom. The number of aromatic nitrogens is 1. The van der Waals surface area contributed by atoms with Crippen LogP contribution in [-0.2, 0) is 4.79 Å². The molecule has 0 unspecified atom stereocenters. The van der Waals surface area contributed by atoms with Crippen molar-refractivity contribution in [2.45, 2.75) is 6.42 Å². The predicted octanol–water partition coefficient (Wildman–Crippen LogP) is 4.21. The lowest BCUT2D eigenvalue weighted by molar-refractivity contribution is -0.118. The van der Waals surface area contributed by atoms with Crippen molar-refractivity contribution in [2.24, 2.45) is 0 Å². The van der Waals surface area contributed by atoms with Crippen molar-refractivity contribution in [2.75, 3.05) is 18.0 Å². The van der Waals surface area contributed by atoms with Gasteiger partial charge in [-0.1, -0.05) is 42.5 Å². The van der Waals surface area contributed by atoms with Gasteiger partial charge in [-0.15, -0.1) is 29.3 Å². The summed E-state index contributed by atoms with van der Waals surface area (Å²) in [6.45, 7) is 4.38. The van der Waals surface area contributed by atoms with E-state index < -0.39 is 0 Å². The molecule has 3 aromatic rings. The third kappa shape index (κ3) is 4.90. The first-order valence-corrected chi connectivity index (χ1v) is 10.2. The highest BCUT2D eigenvalue weighted by Gasteiger charge is 2.18. The Morgan fingerprint density at radius 3 is 2.67 bits per heavy atom. The van der Waals surface area contributed by atoms with Crippen LogP contribution in [0.4, 0.5) is 5.13 Å². The Balaban J connectivity index is 1.62. The van der Waals surface area contributed by atoms with Crippen molar-refractivity contribution in [1.82, 2.24) is 10.3 Å². The van der Waals surface area contributed by atoms with Gasteiger partial charge in [0.05, 0.1) is 10.6 Å². The second kappa shape index (κ2) is 9.25. The second-order valence-electron chi connectivity index (χ2n) is 5.66. The van der Waals surface area contributed by atoms with Crippen molar-refractivity contribution >= 4 is 39.6 Å². The predicted molar refractivity (Wildman–Crippen MR) is 111 cm³/mol. The molecule has 0 radical (unpaired) electrons. The third-order valence-corrected chi connectivity index (χ3v) is 5.51. The van der Waals surface area contributed by atoms with Crippen LogP contribution in [0, 0.1) is 0 Å². The molecule has 138 valence electrons. The third-order valence-electron chi connectivity index (χ3n) is 3.77. The number of carbonyl (C=O) groups is 2. The van der Waals surface area contributed by atoms with E-state index in [1.165, 1.54) is 22.7 Å². The Bertz CT molecular complexity index is 904. The van der Waals surface area contributed by atoms with E-state index in [1.807, 2.05) is 47.2 Å². The number of amides is 2. The SMILES string of the molecule is C=CCN(C(=O)CCNC(=O)c1cccs1)c1nc(-c2ccccc2)cs1. The number of benzene rings is 1. The summed E-state index contributed by atoms with van der Waals surface area (Å²) in [4.78, 5) is 31.4. The molecular weight excluding hydrogens is 378 g/mol. The maximum atomic E-state index is 12.6. The van der Waals surface area contributed by atoms with Crippen LogP contribution in [0.1, 0.15) is 16.1 Å². The zero-order chi connectivity index (χ0) is 19.1. The standard InChI is InChI=1S/C20H19N3O2S2/c1-2-12-23(18(24)10-11-21-19(25)17-9-6-13-26-17)20-22-16(14-27-20)15-7-4-3-5-8-15/h2-9,13-14H,1,10-12H2,(H,21,25). The van der Waals surface area contributed by atoms with Crippen LogP contribution in [0.25, 0.3) is 11.3 Å². The van der Waals surface area contributed by atoms with Crippen molar-refractivity contribution in [1.29, 1.82) is 0 Å². The molecule has 0 saturated carbocycles. The smallest absolute Gasteiger partial charge is 0.261 e. The average molecular weight is 398 g/mol. The lowest BCUT2D eigenvalue weighted by Gasteiger charge is -2.18. The molecule has 2 amide bonds. The molecule has 7 heteroatoms. The zero-order valence-corrected chi connectivity index (χ0v) is 16.3. The van der Waals surface area contributed by atoms with Gasteiger partial charge in [0.25, 0.3) is 5.91 Å². The van der Waals surface area contributed by atoms with Gasteiger partial charge >= 0.3 is 0 Å². The van der Waals surface area contributed by atoms with Crippen LogP contribution in [0.15, 0.2) is 65.9 Å². The number of thiazole rings is 1. The molecule has 3 rings (SSSR count). The van der Waals surface area contributed by atoms with E-state index in [-0.39, 0.29) is 24.8 Å². The Kier molecular flexibility index (Phi) is 6.51. The Morgan fingerprint density at radius 1 is 1.15 bits per heavy atom. The van der Waals surface area contributed by atoms with Crippen molar-refractivity contribution in [3.63, 3.8) is 0 Å². The van der Waals surface area contributed by atoms with Crippen LogP contribution in [0.3, 0.4) is 0 Å². The molecule has 1 N–H and O–H groups in total. The summed E-state index contributed by atoms with van der Waals surface area (Å²) in [6, 6.07) is 13.4. The monoisotopic (exact) mass is 397 g/mol. The molecule has 2 heterocycles. The van der Waals surface area contributed by atoms with E-state index in [0.717, 1.165) is 11.3 Å². The zero-order valence-electron chi connectivity index (χ0n) is 14.6. The quantitative estimate of drug-likeness (QED) is 0.579. The summed E-state index contributed by atoms with van der Waals surface area (Å²) in [5, 5.41) is 7.19. The van der Waals surface area contributed by atoms with Gasteiger partial charge in [-0.2, -0.15) is 0 Å². The maximum absolute atomic E-state index is 12.6. The molecule has 1 aromatic carbocycles. The molecule has 0 spiro atoms. The van der Waals surface area contributed by atoms with Crippen LogP contribution in [0.5, 0.6) is 0 Å². The molecule has 0 aliphatic carbocycles. The van der Waals surface area contributed by atoms with Gasteiger partial charge in [-0.05, 0) is 11.4 Å². The number of hydrogen-bond donors (Lipinski definition) is 1. The fourth-order valence-electron chi connectivity index (χ4n) is 2.46. The minimum absolute atomic E-state index is 0.102. The Labute approximate surface area is 166 Å². The minimum Gasteiger partial charge on any atom is -0.351 e. The second-order valence-corrected chi connectivity index (χ2v) is 7.44. The van der Waals surface area contributed by atoms with Crippen molar-refractivity contribution in [3.8, 4) is 11.3 Å². The van der Waals surface area contributed by atoms with Gasteiger partial charge in [-0.3, -0.25) is 14.5 Å². The van der Waals surface area contributed by atoms with Gasteiger partial charge < -0.3 is 5.32 Å². The number of thiophene rings is 1. The van der Waals surface area contributed by atoms with Crippen molar-refractivity contribution < 1.29 is 9.59 Å². The summed E-state index contributed by atoms with van der Waals surface area (Å²) in [7, 11) is 0. The summed E-state index contributed by atoms with van der Waals surface area (Å²) < 4.78 is 0. The van der Waals surface area contributed by atoms with E-state index in [4.69, 9.17) is 0 Å². The summed E-state index contributed by atoms with van der Waals surface area (Å²) in [5.41, 5.74) is 1.85. The van der Waals surface area contributed by atoms with E-state index in [9.17, 15) is 9.59 Å². The molecule has 0 bridgehead atoms. The normalized spacial score (nSPS) is 10.4. The molecular formula is C20H19N3O2S2. The average Bonchev–Trinajstić information content (AvgIpc) is 3.38. The lowest BCUT2D eigenvalue weighted by Crippen LogP contribution is -2.34. The van der Waals surface area contributed by atoms with E-state index in [1.54, 1.807) is 17.0 Å². The van der Waals surface area contributed by atoms with Gasteiger partial charge in [0.15, 0.2) is 5.13 Å². The highest BCUT2D eigenvalue weighted by molar-refractivity contribution is 7.14. The highest BCUT2D eigenvalue weighted by atomic mass is 32.1. The molecule has 5 nitrogen and oxygen atoms in total. The molecule has 0 aliphatic rings. The fourth-order valence-corrected chi connectivity index (χ4v) is 3.96. The maximum Gasteiger partial charge on any atom is 0.261 e. The molecule has 0 aliphatic heterocycles. The molecule has 0 saturated heterocycles. The first-order valence-electron chi connectivity index (χ1n) is 8.43. The van der Waals surface area contributed by atoms with E-state index >= 15 is 0 Å². The van der Waals surface area contributed by atoms with Crippen molar-refractivity contribution in [3.05, 3.63) is 70.8 Å². The van der Waals surface area contributed by atoms with Gasteiger partial charge in [0, 0.05) is 30.5 Å². The summed E-state index contributed by atoms with van der Waals surface area (Å²) >= 11 is 2.79. The van der Waals surface area contributed by atoms with Gasteiger partial charge in [0.2, 0.25) is 5.91 Å². The number of rotatable bonds is 8. The number of nitrogens with one attached hydrogen (secondary N) is 1. The molecule has 27 heavy (non-hydrogen) atoms. The van der Waals surface area contributed by atoms with Gasteiger partial charge in [0.1, 0.15) is 0 Å². The van der Waals surface area contributed by atoms with E-state index in [2.05, 4.69) is 16.9 Å².